The van der Waals surface area contributed by atoms with Crippen LogP contribution in [0.3, 0.4) is 0 Å². The summed E-state index contributed by atoms with van der Waals surface area (Å²) in [5.74, 6) is -0.173. The summed E-state index contributed by atoms with van der Waals surface area (Å²) < 4.78 is 67.5. The molecule has 0 aliphatic heterocycles. The molecule has 3 heterocycles. The minimum Gasteiger partial charge on any atom is -0.307 e. The average molecular weight is 592 g/mol. The number of rotatable bonds is 8. The highest BCUT2D eigenvalue weighted by molar-refractivity contribution is 7.91. The van der Waals surface area contributed by atoms with Crippen molar-refractivity contribution in [2.75, 3.05) is 11.2 Å². The van der Waals surface area contributed by atoms with E-state index in [-0.39, 0.29) is 33.7 Å². The lowest BCUT2D eigenvalue weighted by Gasteiger charge is -2.12. The Balaban J connectivity index is 1.56. The molecule has 0 spiro atoms. The fourth-order valence-corrected chi connectivity index (χ4v) is 5.22. The van der Waals surface area contributed by atoms with E-state index in [2.05, 4.69) is 30.7 Å². The summed E-state index contributed by atoms with van der Waals surface area (Å²) in [6.45, 7) is 1.49. The van der Waals surface area contributed by atoms with Crippen molar-refractivity contribution in [3.05, 3.63) is 108 Å². The van der Waals surface area contributed by atoms with Crippen molar-refractivity contribution in [3.63, 3.8) is 0 Å². The van der Waals surface area contributed by atoms with E-state index in [1.807, 2.05) is 60.7 Å². The van der Waals surface area contributed by atoms with Crippen LogP contribution in [0.2, 0.25) is 0 Å². The van der Waals surface area contributed by atoms with Gasteiger partial charge in [0, 0.05) is 24.4 Å². The van der Waals surface area contributed by atoms with Crippen LogP contribution in [0.4, 0.5) is 18.9 Å². The van der Waals surface area contributed by atoms with E-state index < -0.39 is 21.6 Å². The highest BCUT2D eigenvalue weighted by atomic mass is 32.2. The molecule has 42 heavy (non-hydrogen) atoms. The van der Waals surface area contributed by atoms with E-state index in [0.29, 0.717) is 11.4 Å². The van der Waals surface area contributed by atoms with E-state index in [9.17, 15) is 21.6 Å². The number of halogens is 3. The van der Waals surface area contributed by atoms with E-state index in [4.69, 9.17) is 0 Å². The molecule has 0 amide bonds. The van der Waals surface area contributed by atoms with Gasteiger partial charge in [-0.15, -0.1) is 10.2 Å². The number of sulfone groups is 1. The first-order valence-corrected chi connectivity index (χ1v) is 14.3. The van der Waals surface area contributed by atoms with Gasteiger partial charge in [0.1, 0.15) is 11.4 Å². The maximum atomic E-state index is 13.3. The number of anilines is 1. The standard InChI is InChI=1S/C29H24F3N7O2S/c1-3-42(40,41)24-17-22(35-36-25(19-10-6-4-7-11-19)20-12-8-5-9-13-20)18-34-26(24)28-38-37-27(39(28)2)23-16-21(14-15-33-23)29(30,31)32/h4-18,35H,3H2,1-2H3. The van der Waals surface area contributed by atoms with E-state index >= 15 is 0 Å². The predicted octanol–water partition coefficient (Wildman–Crippen LogP) is 5.62. The fraction of sp³-hybridized carbons (Fsp3) is 0.138. The zero-order valence-corrected chi connectivity index (χ0v) is 23.2. The first-order valence-electron chi connectivity index (χ1n) is 12.7. The number of aromatic nitrogens is 5. The number of hydrogen-bond donors (Lipinski definition) is 1. The minimum absolute atomic E-state index is 0.00838. The van der Waals surface area contributed by atoms with Crippen LogP contribution in [0.15, 0.2) is 101 Å². The lowest BCUT2D eigenvalue weighted by molar-refractivity contribution is -0.137. The zero-order chi connectivity index (χ0) is 29.9. The molecule has 0 saturated heterocycles. The van der Waals surface area contributed by atoms with Crippen LogP contribution in [-0.4, -0.2) is 44.6 Å². The molecular weight excluding hydrogens is 567 g/mol. The van der Waals surface area contributed by atoms with Crippen LogP contribution >= 0.6 is 0 Å². The largest absolute Gasteiger partial charge is 0.416 e. The lowest BCUT2D eigenvalue weighted by atomic mass is 10.0. The second kappa shape index (κ2) is 11.5. The Kier molecular flexibility index (Phi) is 7.85. The molecule has 3 aromatic heterocycles. The van der Waals surface area contributed by atoms with Crippen molar-refractivity contribution in [1.82, 2.24) is 24.7 Å². The van der Waals surface area contributed by atoms with E-state index in [0.717, 1.165) is 29.5 Å². The van der Waals surface area contributed by atoms with Crippen LogP contribution < -0.4 is 5.43 Å². The van der Waals surface area contributed by atoms with Crippen molar-refractivity contribution in [3.8, 4) is 23.0 Å². The van der Waals surface area contributed by atoms with Gasteiger partial charge in [-0.2, -0.15) is 18.3 Å². The molecule has 0 radical (unpaired) electrons. The quantitative estimate of drug-likeness (QED) is 0.184. The van der Waals surface area contributed by atoms with E-state index in [1.165, 1.54) is 30.8 Å². The number of alkyl halides is 3. The molecule has 13 heteroatoms. The maximum Gasteiger partial charge on any atom is 0.416 e. The molecule has 0 atom stereocenters. The first kappa shape index (κ1) is 28.6. The second-order valence-corrected chi connectivity index (χ2v) is 11.4. The highest BCUT2D eigenvalue weighted by Crippen LogP contribution is 2.33. The Morgan fingerprint density at radius 3 is 2.12 bits per heavy atom. The number of benzene rings is 2. The number of pyridine rings is 2. The molecule has 5 rings (SSSR count). The molecule has 5 aromatic rings. The molecule has 0 fully saturated rings. The summed E-state index contributed by atoms with van der Waals surface area (Å²) in [4.78, 5) is 8.24. The molecule has 0 bridgehead atoms. The molecule has 0 aliphatic rings. The summed E-state index contributed by atoms with van der Waals surface area (Å²) in [5, 5.41) is 12.6. The Bertz CT molecular complexity index is 1820. The number of hydrogen-bond acceptors (Lipinski definition) is 8. The molecule has 0 unspecified atom stereocenters. The van der Waals surface area contributed by atoms with Crippen LogP contribution in [0, 0.1) is 0 Å². The van der Waals surface area contributed by atoms with Gasteiger partial charge in [0.25, 0.3) is 0 Å². The van der Waals surface area contributed by atoms with Gasteiger partial charge in [-0.05, 0) is 18.2 Å². The molecule has 1 N–H and O–H groups in total. The number of nitrogens with zero attached hydrogens (tertiary/aromatic N) is 6. The third kappa shape index (κ3) is 5.91. The van der Waals surface area contributed by atoms with Crippen LogP contribution in [0.25, 0.3) is 23.0 Å². The summed E-state index contributed by atoms with van der Waals surface area (Å²) in [5.41, 5.74) is 4.57. The zero-order valence-electron chi connectivity index (χ0n) is 22.4. The van der Waals surface area contributed by atoms with Crippen LogP contribution in [0.1, 0.15) is 23.6 Å². The predicted molar refractivity (Wildman–Crippen MR) is 152 cm³/mol. The van der Waals surface area contributed by atoms with Crippen LogP contribution in [-0.2, 0) is 23.1 Å². The molecule has 214 valence electrons. The lowest BCUT2D eigenvalue weighted by Crippen LogP contribution is -2.11. The molecule has 0 saturated carbocycles. The molecular formula is C29H24F3N7O2S. The van der Waals surface area contributed by atoms with Gasteiger partial charge < -0.3 is 4.57 Å². The Morgan fingerprint density at radius 2 is 1.52 bits per heavy atom. The highest BCUT2D eigenvalue weighted by Gasteiger charge is 2.31. The molecule has 9 nitrogen and oxygen atoms in total. The third-order valence-electron chi connectivity index (χ3n) is 6.36. The van der Waals surface area contributed by atoms with Crippen LogP contribution in [0.5, 0.6) is 0 Å². The van der Waals surface area contributed by atoms with Crippen molar-refractivity contribution >= 4 is 21.2 Å². The minimum atomic E-state index is -4.57. The third-order valence-corrected chi connectivity index (χ3v) is 8.10. The number of hydrazone groups is 1. The first-order chi connectivity index (χ1) is 20.1. The summed E-state index contributed by atoms with van der Waals surface area (Å²) in [6.07, 6.45) is -2.15. The van der Waals surface area contributed by atoms with Gasteiger partial charge in [-0.1, -0.05) is 67.6 Å². The SMILES string of the molecule is CCS(=O)(=O)c1cc(NN=C(c2ccccc2)c2ccccc2)cnc1-c1nnc(-c2cc(C(F)(F)F)ccn2)n1C. The number of nitrogens with one attached hydrogen (secondary N) is 1. The normalized spacial score (nSPS) is 11.7. The van der Waals surface area contributed by atoms with Gasteiger partial charge in [-0.3, -0.25) is 10.4 Å². The van der Waals surface area contributed by atoms with Gasteiger partial charge >= 0.3 is 6.18 Å². The van der Waals surface area contributed by atoms with Gasteiger partial charge in [0.2, 0.25) is 0 Å². The smallest absolute Gasteiger partial charge is 0.307 e. The van der Waals surface area contributed by atoms with Crippen molar-refractivity contribution in [2.45, 2.75) is 18.0 Å². The van der Waals surface area contributed by atoms with Crippen molar-refractivity contribution in [1.29, 1.82) is 0 Å². The Hall–Kier alpha value is -4.91. The van der Waals surface area contributed by atoms with E-state index in [1.54, 1.807) is 0 Å². The summed E-state index contributed by atoms with van der Waals surface area (Å²) >= 11 is 0. The summed E-state index contributed by atoms with van der Waals surface area (Å²) in [7, 11) is -2.34. The maximum absolute atomic E-state index is 13.3. The fourth-order valence-electron chi connectivity index (χ4n) is 4.16. The summed E-state index contributed by atoms with van der Waals surface area (Å²) in [6, 6.07) is 22.1. The molecule has 2 aromatic carbocycles. The Morgan fingerprint density at radius 1 is 0.905 bits per heavy atom. The molecule has 0 aliphatic carbocycles. The van der Waals surface area contributed by atoms with Gasteiger partial charge in [0.05, 0.1) is 33.8 Å². The van der Waals surface area contributed by atoms with Gasteiger partial charge in [-0.25, -0.2) is 13.4 Å². The van der Waals surface area contributed by atoms with Crippen molar-refractivity contribution in [2.24, 2.45) is 12.1 Å². The second-order valence-electron chi connectivity index (χ2n) is 9.11. The monoisotopic (exact) mass is 591 g/mol. The van der Waals surface area contributed by atoms with Gasteiger partial charge in [0.15, 0.2) is 21.5 Å². The topological polar surface area (TPSA) is 115 Å². The average Bonchev–Trinajstić information content (AvgIpc) is 3.38. The Labute approximate surface area is 239 Å². The van der Waals surface area contributed by atoms with Crippen molar-refractivity contribution < 1.29 is 21.6 Å².